The van der Waals surface area contributed by atoms with Gasteiger partial charge in [0.15, 0.2) is 11.5 Å². The van der Waals surface area contributed by atoms with Crippen molar-refractivity contribution in [3.8, 4) is 11.5 Å². The van der Waals surface area contributed by atoms with Gasteiger partial charge in [0.2, 0.25) is 6.79 Å². The zero-order valence-corrected chi connectivity index (χ0v) is 13.9. The molecule has 2 aliphatic heterocycles. The van der Waals surface area contributed by atoms with Gasteiger partial charge in [0, 0.05) is 16.9 Å². The SMILES string of the molecule is O=C1c2ccccc2NC(c2cccc3c2OCO3)N1c1ccccc1. The molecule has 0 radical (unpaired) electrons. The highest BCUT2D eigenvalue weighted by Gasteiger charge is 2.36. The van der Waals surface area contributed by atoms with Crippen LogP contribution in [0.4, 0.5) is 11.4 Å². The molecule has 0 fully saturated rings. The first-order chi connectivity index (χ1) is 12.8. The molecule has 5 rings (SSSR count). The van der Waals surface area contributed by atoms with Gasteiger partial charge in [-0.25, -0.2) is 0 Å². The Kier molecular flexibility index (Phi) is 3.31. The zero-order chi connectivity index (χ0) is 17.5. The maximum absolute atomic E-state index is 13.3. The van der Waals surface area contributed by atoms with E-state index in [1.165, 1.54) is 0 Å². The summed E-state index contributed by atoms with van der Waals surface area (Å²) < 4.78 is 11.2. The Bertz CT molecular complexity index is 988. The van der Waals surface area contributed by atoms with Crippen LogP contribution >= 0.6 is 0 Å². The van der Waals surface area contributed by atoms with Crippen molar-refractivity contribution in [3.63, 3.8) is 0 Å². The molecule has 1 unspecified atom stereocenters. The summed E-state index contributed by atoms with van der Waals surface area (Å²) in [7, 11) is 0. The number of fused-ring (bicyclic) bond motifs is 2. The summed E-state index contributed by atoms with van der Waals surface area (Å²) in [5, 5.41) is 3.49. The van der Waals surface area contributed by atoms with E-state index >= 15 is 0 Å². The van der Waals surface area contributed by atoms with Crippen molar-refractivity contribution in [1.82, 2.24) is 0 Å². The minimum absolute atomic E-state index is 0.0490. The van der Waals surface area contributed by atoms with Crippen LogP contribution in [0.25, 0.3) is 0 Å². The molecule has 26 heavy (non-hydrogen) atoms. The molecule has 2 aliphatic rings. The van der Waals surface area contributed by atoms with Gasteiger partial charge < -0.3 is 14.8 Å². The van der Waals surface area contributed by atoms with Gasteiger partial charge in [-0.3, -0.25) is 9.69 Å². The van der Waals surface area contributed by atoms with Crippen LogP contribution in [-0.2, 0) is 0 Å². The van der Waals surface area contributed by atoms with Gasteiger partial charge >= 0.3 is 0 Å². The summed E-state index contributed by atoms with van der Waals surface area (Å²) in [6.07, 6.45) is -0.392. The van der Waals surface area contributed by atoms with E-state index in [4.69, 9.17) is 9.47 Å². The topological polar surface area (TPSA) is 50.8 Å². The molecule has 0 aromatic heterocycles. The summed E-state index contributed by atoms with van der Waals surface area (Å²) in [6, 6.07) is 23.0. The second kappa shape index (κ2) is 5.81. The summed E-state index contributed by atoms with van der Waals surface area (Å²) in [6.45, 7) is 0.189. The molecule has 3 aromatic rings. The van der Waals surface area contributed by atoms with E-state index in [1.54, 1.807) is 4.90 Å². The Morgan fingerprint density at radius 2 is 1.69 bits per heavy atom. The molecule has 1 atom stereocenters. The fourth-order valence-corrected chi connectivity index (χ4v) is 3.49. The lowest BCUT2D eigenvalue weighted by molar-refractivity contribution is 0.0974. The average Bonchev–Trinajstić information content (AvgIpc) is 3.17. The van der Waals surface area contributed by atoms with Crippen molar-refractivity contribution >= 4 is 17.3 Å². The van der Waals surface area contributed by atoms with Gasteiger partial charge in [-0.05, 0) is 30.3 Å². The van der Waals surface area contributed by atoms with Crippen molar-refractivity contribution < 1.29 is 14.3 Å². The van der Waals surface area contributed by atoms with Crippen molar-refractivity contribution in [3.05, 3.63) is 83.9 Å². The molecule has 0 spiro atoms. The van der Waals surface area contributed by atoms with E-state index in [1.807, 2.05) is 72.8 Å². The lowest BCUT2D eigenvalue weighted by atomic mass is 10.0. The van der Waals surface area contributed by atoms with Crippen LogP contribution < -0.4 is 19.7 Å². The van der Waals surface area contributed by atoms with E-state index in [0.717, 1.165) is 16.9 Å². The highest BCUT2D eigenvalue weighted by atomic mass is 16.7. The first kappa shape index (κ1) is 14.8. The number of rotatable bonds is 2. The van der Waals surface area contributed by atoms with E-state index in [2.05, 4.69) is 5.32 Å². The van der Waals surface area contributed by atoms with Crippen LogP contribution in [0.3, 0.4) is 0 Å². The summed E-state index contributed by atoms with van der Waals surface area (Å²) in [5.74, 6) is 1.33. The number of benzene rings is 3. The van der Waals surface area contributed by atoms with Gasteiger partial charge in [0.05, 0.1) is 5.56 Å². The summed E-state index contributed by atoms with van der Waals surface area (Å²) in [4.78, 5) is 15.1. The molecule has 0 saturated heterocycles. The Hall–Kier alpha value is -3.47. The van der Waals surface area contributed by atoms with E-state index < -0.39 is 6.17 Å². The molecule has 3 aromatic carbocycles. The maximum atomic E-state index is 13.3. The predicted octanol–water partition coefficient (Wildman–Crippen LogP) is 4.19. The van der Waals surface area contributed by atoms with Gasteiger partial charge in [0.25, 0.3) is 5.91 Å². The number of nitrogens with zero attached hydrogens (tertiary/aromatic N) is 1. The number of hydrogen-bond acceptors (Lipinski definition) is 4. The van der Waals surface area contributed by atoms with Crippen LogP contribution in [0, 0.1) is 0 Å². The normalized spacial score (nSPS) is 17.6. The first-order valence-corrected chi connectivity index (χ1v) is 8.45. The highest BCUT2D eigenvalue weighted by molar-refractivity contribution is 6.12. The Morgan fingerprint density at radius 3 is 2.58 bits per heavy atom. The number of hydrogen-bond donors (Lipinski definition) is 1. The molecular weight excluding hydrogens is 328 g/mol. The number of nitrogens with one attached hydrogen (secondary N) is 1. The van der Waals surface area contributed by atoms with Gasteiger partial charge in [-0.1, -0.05) is 42.5 Å². The number of anilines is 2. The molecule has 0 aliphatic carbocycles. The fraction of sp³-hybridized carbons (Fsp3) is 0.0952. The first-order valence-electron chi connectivity index (χ1n) is 8.45. The zero-order valence-electron chi connectivity index (χ0n) is 13.9. The number of amides is 1. The van der Waals surface area contributed by atoms with Crippen LogP contribution in [0.5, 0.6) is 11.5 Å². The predicted molar refractivity (Wildman–Crippen MR) is 98.6 cm³/mol. The second-order valence-corrected chi connectivity index (χ2v) is 6.18. The lowest BCUT2D eigenvalue weighted by Gasteiger charge is -2.38. The molecular formula is C21H16N2O3. The van der Waals surface area contributed by atoms with Crippen LogP contribution in [-0.4, -0.2) is 12.7 Å². The third kappa shape index (κ3) is 2.21. The maximum Gasteiger partial charge on any atom is 0.262 e. The Balaban J connectivity index is 1.69. The van der Waals surface area contributed by atoms with E-state index in [9.17, 15) is 4.79 Å². The minimum Gasteiger partial charge on any atom is -0.454 e. The average molecular weight is 344 g/mol. The van der Waals surface area contributed by atoms with Crippen LogP contribution in [0.1, 0.15) is 22.1 Å². The van der Waals surface area contributed by atoms with Crippen LogP contribution in [0.2, 0.25) is 0 Å². The largest absolute Gasteiger partial charge is 0.454 e. The quantitative estimate of drug-likeness (QED) is 0.757. The second-order valence-electron chi connectivity index (χ2n) is 6.18. The molecule has 1 amide bonds. The van der Waals surface area contributed by atoms with Gasteiger partial charge in [0.1, 0.15) is 6.17 Å². The van der Waals surface area contributed by atoms with E-state index in [-0.39, 0.29) is 12.7 Å². The van der Waals surface area contributed by atoms with Crippen molar-refractivity contribution in [2.45, 2.75) is 6.17 Å². The van der Waals surface area contributed by atoms with Crippen LogP contribution in [0.15, 0.2) is 72.8 Å². The van der Waals surface area contributed by atoms with Crippen molar-refractivity contribution in [2.75, 3.05) is 17.0 Å². The third-order valence-electron chi connectivity index (χ3n) is 4.68. The van der Waals surface area contributed by atoms with Crippen molar-refractivity contribution in [2.24, 2.45) is 0 Å². The molecule has 0 bridgehead atoms. The number of carbonyl (C=O) groups is 1. The molecule has 128 valence electrons. The highest BCUT2D eigenvalue weighted by Crippen LogP contribution is 2.44. The summed E-state index contributed by atoms with van der Waals surface area (Å²) in [5.41, 5.74) is 3.15. The minimum atomic E-state index is -0.392. The molecule has 2 heterocycles. The Labute approximate surface area is 150 Å². The Morgan fingerprint density at radius 1 is 0.885 bits per heavy atom. The number of para-hydroxylation sites is 3. The molecule has 0 saturated carbocycles. The summed E-state index contributed by atoms with van der Waals surface area (Å²) >= 11 is 0. The molecule has 1 N–H and O–H groups in total. The molecule has 5 heteroatoms. The van der Waals surface area contributed by atoms with Gasteiger partial charge in [-0.15, -0.1) is 0 Å². The van der Waals surface area contributed by atoms with E-state index in [0.29, 0.717) is 17.1 Å². The fourth-order valence-electron chi connectivity index (χ4n) is 3.49. The lowest BCUT2D eigenvalue weighted by Crippen LogP contribution is -2.43. The smallest absolute Gasteiger partial charge is 0.262 e. The third-order valence-corrected chi connectivity index (χ3v) is 4.68. The molecule has 5 nitrogen and oxygen atoms in total. The standard InChI is InChI=1S/C21H16N2O3/c24-21-15-9-4-5-11-17(15)22-20(23(21)14-7-2-1-3-8-14)16-10-6-12-18-19(16)26-13-25-18/h1-12,20,22H,13H2. The number of carbonyl (C=O) groups excluding carboxylic acids is 1. The van der Waals surface area contributed by atoms with Crippen molar-refractivity contribution in [1.29, 1.82) is 0 Å². The number of ether oxygens (including phenoxy) is 2. The van der Waals surface area contributed by atoms with Gasteiger partial charge in [-0.2, -0.15) is 0 Å². The monoisotopic (exact) mass is 344 g/mol.